The maximum Gasteiger partial charge on any atom is 0.0198 e. The summed E-state index contributed by atoms with van der Waals surface area (Å²) in [7, 11) is 0. The van der Waals surface area contributed by atoms with Gasteiger partial charge in [-0.25, -0.2) is 0 Å². The van der Waals surface area contributed by atoms with Crippen LogP contribution in [0.2, 0.25) is 0 Å². The topological polar surface area (TPSA) is 24.1 Å². The molecule has 1 aliphatic heterocycles. The zero-order valence-electron chi connectivity index (χ0n) is 8.78. The van der Waals surface area contributed by atoms with Crippen molar-refractivity contribution in [2.75, 3.05) is 13.1 Å². The van der Waals surface area contributed by atoms with Gasteiger partial charge in [0.2, 0.25) is 0 Å². The molecule has 1 atom stereocenters. The van der Waals surface area contributed by atoms with Crippen molar-refractivity contribution in [1.82, 2.24) is 10.6 Å². The highest BCUT2D eigenvalue weighted by molar-refractivity contribution is 4.88. The number of hydrogen-bond donors (Lipinski definition) is 2. The summed E-state index contributed by atoms with van der Waals surface area (Å²) in [5, 5.41) is 7.00. The van der Waals surface area contributed by atoms with E-state index in [-0.39, 0.29) is 0 Å². The molecule has 1 heterocycles. The fourth-order valence-electron chi connectivity index (χ4n) is 1.75. The van der Waals surface area contributed by atoms with E-state index in [2.05, 4.69) is 38.3 Å². The predicted molar refractivity (Wildman–Crippen MR) is 53.3 cm³/mol. The number of rotatable bonds is 3. The maximum atomic E-state index is 3.54. The molecule has 2 nitrogen and oxygen atoms in total. The van der Waals surface area contributed by atoms with Gasteiger partial charge in [-0.05, 0) is 11.8 Å². The SMILES string of the molecule is CC(C)NCC1CC(C)(C)CN1. The van der Waals surface area contributed by atoms with E-state index < -0.39 is 0 Å². The Bertz CT molecular complexity index is 141. The maximum absolute atomic E-state index is 3.54. The summed E-state index contributed by atoms with van der Waals surface area (Å²) in [6.07, 6.45) is 1.30. The lowest BCUT2D eigenvalue weighted by molar-refractivity contribution is 0.394. The van der Waals surface area contributed by atoms with Crippen molar-refractivity contribution < 1.29 is 0 Å². The van der Waals surface area contributed by atoms with Gasteiger partial charge < -0.3 is 10.6 Å². The second-order valence-corrected chi connectivity index (χ2v) is 5.01. The third-order valence-electron chi connectivity index (χ3n) is 2.44. The second-order valence-electron chi connectivity index (χ2n) is 5.01. The first-order valence-corrected chi connectivity index (χ1v) is 4.96. The molecule has 2 heteroatoms. The van der Waals surface area contributed by atoms with Crippen LogP contribution in [0.5, 0.6) is 0 Å². The van der Waals surface area contributed by atoms with Crippen molar-refractivity contribution in [2.24, 2.45) is 5.41 Å². The molecule has 1 aliphatic rings. The average Bonchev–Trinajstić information content (AvgIpc) is 2.26. The molecular formula is C10H22N2. The molecule has 0 aromatic rings. The Morgan fingerprint density at radius 2 is 2.17 bits per heavy atom. The molecule has 72 valence electrons. The van der Waals surface area contributed by atoms with Crippen molar-refractivity contribution in [3.05, 3.63) is 0 Å². The van der Waals surface area contributed by atoms with E-state index in [0.29, 0.717) is 17.5 Å². The highest BCUT2D eigenvalue weighted by Gasteiger charge is 2.29. The van der Waals surface area contributed by atoms with Crippen molar-refractivity contribution in [1.29, 1.82) is 0 Å². The fraction of sp³-hybridized carbons (Fsp3) is 1.00. The lowest BCUT2D eigenvalue weighted by Crippen LogP contribution is -2.37. The van der Waals surface area contributed by atoms with Gasteiger partial charge in [-0.3, -0.25) is 0 Å². The van der Waals surface area contributed by atoms with E-state index in [9.17, 15) is 0 Å². The molecule has 0 amide bonds. The third-order valence-corrected chi connectivity index (χ3v) is 2.44. The highest BCUT2D eigenvalue weighted by atomic mass is 15.0. The van der Waals surface area contributed by atoms with Crippen LogP contribution < -0.4 is 10.6 Å². The molecule has 0 bridgehead atoms. The summed E-state index contributed by atoms with van der Waals surface area (Å²) < 4.78 is 0. The summed E-state index contributed by atoms with van der Waals surface area (Å²) in [4.78, 5) is 0. The highest BCUT2D eigenvalue weighted by Crippen LogP contribution is 2.26. The van der Waals surface area contributed by atoms with Gasteiger partial charge in [-0.15, -0.1) is 0 Å². The molecule has 1 fully saturated rings. The first-order valence-electron chi connectivity index (χ1n) is 4.96. The summed E-state index contributed by atoms with van der Waals surface area (Å²) in [5.74, 6) is 0. The monoisotopic (exact) mass is 170 g/mol. The normalized spacial score (nSPS) is 28.2. The van der Waals surface area contributed by atoms with Crippen LogP contribution in [0.4, 0.5) is 0 Å². The van der Waals surface area contributed by atoms with Crippen molar-refractivity contribution in [2.45, 2.75) is 46.2 Å². The first kappa shape index (κ1) is 10.0. The molecule has 1 rings (SSSR count). The summed E-state index contributed by atoms with van der Waals surface area (Å²) in [6.45, 7) is 11.3. The van der Waals surface area contributed by atoms with E-state index >= 15 is 0 Å². The molecule has 1 unspecified atom stereocenters. The van der Waals surface area contributed by atoms with Gasteiger partial charge in [-0.2, -0.15) is 0 Å². The zero-order valence-corrected chi connectivity index (χ0v) is 8.78. The molecule has 1 saturated heterocycles. The van der Waals surface area contributed by atoms with Crippen LogP contribution in [0.15, 0.2) is 0 Å². The molecule has 0 aromatic heterocycles. The molecule has 12 heavy (non-hydrogen) atoms. The average molecular weight is 170 g/mol. The summed E-state index contributed by atoms with van der Waals surface area (Å²) >= 11 is 0. The Kier molecular flexibility index (Phi) is 3.13. The molecule has 0 spiro atoms. The van der Waals surface area contributed by atoms with E-state index in [1.165, 1.54) is 6.42 Å². The van der Waals surface area contributed by atoms with Crippen LogP contribution in [-0.4, -0.2) is 25.2 Å². The minimum atomic E-state index is 0.503. The predicted octanol–water partition coefficient (Wildman–Crippen LogP) is 1.37. The summed E-state index contributed by atoms with van der Waals surface area (Å²) in [5.41, 5.74) is 0.503. The second kappa shape index (κ2) is 3.75. The molecule has 2 N–H and O–H groups in total. The van der Waals surface area contributed by atoms with E-state index in [0.717, 1.165) is 13.1 Å². The van der Waals surface area contributed by atoms with Crippen LogP contribution >= 0.6 is 0 Å². The lowest BCUT2D eigenvalue weighted by Gasteiger charge is -2.16. The van der Waals surface area contributed by atoms with Crippen LogP contribution in [0.25, 0.3) is 0 Å². The Balaban J connectivity index is 2.20. The van der Waals surface area contributed by atoms with Gasteiger partial charge in [0.25, 0.3) is 0 Å². The van der Waals surface area contributed by atoms with Crippen LogP contribution in [0, 0.1) is 5.41 Å². The summed E-state index contributed by atoms with van der Waals surface area (Å²) in [6, 6.07) is 1.29. The van der Waals surface area contributed by atoms with Crippen LogP contribution in [0.3, 0.4) is 0 Å². The third kappa shape index (κ3) is 3.11. The van der Waals surface area contributed by atoms with Crippen molar-refractivity contribution in [3.63, 3.8) is 0 Å². The van der Waals surface area contributed by atoms with Gasteiger partial charge in [0.15, 0.2) is 0 Å². The van der Waals surface area contributed by atoms with Crippen LogP contribution in [-0.2, 0) is 0 Å². The Morgan fingerprint density at radius 3 is 2.58 bits per heavy atom. The quantitative estimate of drug-likeness (QED) is 0.668. The molecule has 0 saturated carbocycles. The van der Waals surface area contributed by atoms with E-state index in [1.807, 2.05) is 0 Å². The molecule has 0 radical (unpaired) electrons. The minimum absolute atomic E-state index is 0.503. The zero-order chi connectivity index (χ0) is 9.19. The number of nitrogens with one attached hydrogen (secondary N) is 2. The van der Waals surface area contributed by atoms with Gasteiger partial charge in [0, 0.05) is 25.2 Å². The minimum Gasteiger partial charge on any atom is -0.313 e. The largest absolute Gasteiger partial charge is 0.313 e. The van der Waals surface area contributed by atoms with Gasteiger partial charge >= 0.3 is 0 Å². The van der Waals surface area contributed by atoms with E-state index in [4.69, 9.17) is 0 Å². The van der Waals surface area contributed by atoms with Crippen molar-refractivity contribution >= 4 is 0 Å². The van der Waals surface area contributed by atoms with Gasteiger partial charge in [0.05, 0.1) is 0 Å². The number of hydrogen-bond acceptors (Lipinski definition) is 2. The smallest absolute Gasteiger partial charge is 0.0198 e. The van der Waals surface area contributed by atoms with Gasteiger partial charge in [-0.1, -0.05) is 27.7 Å². The fourth-order valence-corrected chi connectivity index (χ4v) is 1.75. The Morgan fingerprint density at radius 1 is 1.50 bits per heavy atom. The standard InChI is InChI=1S/C10H22N2/c1-8(2)11-6-9-5-10(3,4)7-12-9/h8-9,11-12H,5-7H2,1-4H3. The van der Waals surface area contributed by atoms with Crippen molar-refractivity contribution in [3.8, 4) is 0 Å². The van der Waals surface area contributed by atoms with Gasteiger partial charge in [0.1, 0.15) is 0 Å². The lowest BCUT2D eigenvalue weighted by atomic mass is 9.90. The Hall–Kier alpha value is -0.0800. The molecule has 0 aliphatic carbocycles. The van der Waals surface area contributed by atoms with E-state index in [1.54, 1.807) is 0 Å². The first-order chi connectivity index (χ1) is 5.49. The Labute approximate surface area is 76.1 Å². The van der Waals surface area contributed by atoms with Crippen LogP contribution in [0.1, 0.15) is 34.1 Å². The molecular weight excluding hydrogens is 148 g/mol. The molecule has 0 aromatic carbocycles.